The number of oxazole rings is 1. The highest BCUT2D eigenvalue weighted by Gasteiger charge is 2.05. The third kappa shape index (κ3) is 4.93. The zero-order valence-electron chi connectivity index (χ0n) is 11.8. The van der Waals surface area contributed by atoms with Gasteiger partial charge in [-0.05, 0) is 12.1 Å². The van der Waals surface area contributed by atoms with Gasteiger partial charge in [-0.2, -0.15) is 4.98 Å². The molecule has 0 radical (unpaired) electrons. The zero-order chi connectivity index (χ0) is 14.2. The summed E-state index contributed by atoms with van der Waals surface area (Å²) in [5.41, 5.74) is 0.831. The molecule has 0 bridgehead atoms. The Labute approximate surface area is 118 Å². The fraction of sp³-hybridized carbons (Fsp3) is 0.400. The van der Waals surface area contributed by atoms with Gasteiger partial charge in [0.25, 0.3) is 0 Å². The maximum Gasteiger partial charge on any atom is 0.393 e. The van der Waals surface area contributed by atoms with Gasteiger partial charge < -0.3 is 19.2 Å². The van der Waals surface area contributed by atoms with Crippen molar-refractivity contribution in [1.29, 1.82) is 0 Å². The van der Waals surface area contributed by atoms with E-state index in [0.29, 0.717) is 25.8 Å². The van der Waals surface area contributed by atoms with E-state index in [1.807, 2.05) is 30.3 Å². The van der Waals surface area contributed by atoms with Crippen LogP contribution in [-0.4, -0.2) is 24.2 Å². The average Bonchev–Trinajstić information content (AvgIpc) is 2.90. The predicted octanol–water partition coefficient (Wildman–Crippen LogP) is 2.63. The quantitative estimate of drug-likeness (QED) is 0.751. The van der Waals surface area contributed by atoms with Crippen LogP contribution in [0.1, 0.15) is 19.5 Å². The molecule has 1 aromatic carbocycles. The molecule has 5 heteroatoms. The second-order valence-corrected chi connectivity index (χ2v) is 4.65. The van der Waals surface area contributed by atoms with Crippen LogP contribution in [0.2, 0.25) is 0 Å². The molecule has 1 N–H and O–H groups in total. The molecule has 0 aliphatic rings. The van der Waals surface area contributed by atoms with Crippen LogP contribution in [0.15, 0.2) is 41.0 Å². The number of aromatic nitrogens is 1. The van der Waals surface area contributed by atoms with Crippen LogP contribution in [-0.2, 0) is 6.54 Å². The van der Waals surface area contributed by atoms with Gasteiger partial charge in [-0.1, -0.05) is 32.0 Å². The van der Waals surface area contributed by atoms with E-state index >= 15 is 0 Å². The van der Waals surface area contributed by atoms with Crippen molar-refractivity contribution in [3.8, 4) is 11.8 Å². The van der Waals surface area contributed by atoms with Crippen molar-refractivity contribution < 1.29 is 13.9 Å². The Morgan fingerprint density at radius 1 is 1.15 bits per heavy atom. The lowest BCUT2D eigenvalue weighted by molar-refractivity contribution is 0.176. The summed E-state index contributed by atoms with van der Waals surface area (Å²) in [6.45, 7) is 5.68. The van der Waals surface area contributed by atoms with Crippen molar-refractivity contribution in [2.45, 2.75) is 26.4 Å². The molecule has 0 saturated carbocycles. The molecule has 2 aromatic rings. The van der Waals surface area contributed by atoms with Crippen LogP contribution >= 0.6 is 0 Å². The number of para-hydroxylation sites is 1. The number of hydrogen-bond donors (Lipinski definition) is 1. The minimum Gasteiger partial charge on any atom is -0.490 e. The molecule has 0 aliphatic heterocycles. The number of nitrogens with one attached hydrogen (secondary N) is 1. The molecular weight excluding hydrogens is 256 g/mol. The van der Waals surface area contributed by atoms with Crippen molar-refractivity contribution in [2.75, 3.05) is 13.2 Å². The minimum atomic E-state index is 0.280. The standard InChI is InChI=1S/C15H20N2O3/c1-12(2)16-10-13-11-20-15(17-13)19-9-8-18-14-6-4-3-5-7-14/h3-7,11-12,16H,8-10H2,1-2H3. The normalized spacial score (nSPS) is 10.8. The molecule has 0 unspecified atom stereocenters. The molecule has 0 aliphatic carbocycles. The van der Waals surface area contributed by atoms with Gasteiger partial charge in [-0.25, -0.2) is 0 Å². The van der Waals surface area contributed by atoms with Gasteiger partial charge in [0.2, 0.25) is 0 Å². The Kier molecular flexibility index (Phi) is 5.43. The smallest absolute Gasteiger partial charge is 0.393 e. The molecule has 2 rings (SSSR count). The Morgan fingerprint density at radius 2 is 1.90 bits per heavy atom. The summed E-state index contributed by atoms with van der Waals surface area (Å²) in [6, 6.07) is 10.0. The largest absolute Gasteiger partial charge is 0.490 e. The van der Waals surface area contributed by atoms with Crippen molar-refractivity contribution in [3.05, 3.63) is 42.3 Å². The number of rotatable bonds is 8. The predicted molar refractivity (Wildman–Crippen MR) is 75.9 cm³/mol. The first kappa shape index (κ1) is 14.4. The molecule has 1 aromatic heterocycles. The summed E-state index contributed by atoms with van der Waals surface area (Å²) in [5.74, 6) is 0.824. The maximum absolute atomic E-state index is 5.51. The van der Waals surface area contributed by atoms with E-state index in [1.165, 1.54) is 0 Å². The lowest BCUT2D eigenvalue weighted by Gasteiger charge is -2.05. The Morgan fingerprint density at radius 3 is 2.65 bits per heavy atom. The summed E-state index contributed by atoms with van der Waals surface area (Å²) in [4.78, 5) is 4.22. The summed E-state index contributed by atoms with van der Waals surface area (Å²) in [6.07, 6.45) is 1.88. The monoisotopic (exact) mass is 276 g/mol. The van der Waals surface area contributed by atoms with Crippen molar-refractivity contribution in [3.63, 3.8) is 0 Å². The molecule has 0 spiro atoms. The molecule has 20 heavy (non-hydrogen) atoms. The van der Waals surface area contributed by atoms with Crippen molar-refractivity contribution in [1.82, 2.24) is 10.3 Å². The first-order chi connectivity index (χ1) is 9.74. The van der Waals surface area contributed by atoms with Gasteiger partial charge >= 0.3 is 6.08 Å². The molecule has 5 nitrogen and oxygen atoms in total. The highest BCUT2D eigenvalue weighted by molar-refractivity contribution is 5.20. The van der Waals surface area contributed by atoms with Crippen LogP contribution in [0.25, 0.3) is 0 Å². The molecular formula is C15H20N2O3. The van der Waals surface area contributed by atoms with Crippen LogP contribution in [0, 0.1) is 0 Å². The maximum atomic E-state index is 5.51. The van der Waals surface area contributed by atoms with Crippen LogP contribution in [0.3, 0.4) is 0 Å². The molecule has 0 amide bonds. The van der Waals surface area contributed by atoms with Crippen molar-refractivity contribution >= 4 is 0 Å². The van der Waals surface area contributed by atoms with E-state index in [2.05, 4.69) is 24.1 Å². The first-order valence-corrected chi connectivity index (χ1v) is 6.72. The molecule has 108 valence electrons. The molecule has 0 saturated heterocycles. The number of hydrogen-bond acceptors (Lipinski definition) is 5. The zero-order valence-corrected chi connectivity index (χ0v) is 11.8. The molecule has 1 heterocycles. The average molecular weight is 276 g/mol. The second-order valence-electron chi connectivity index (χ2n) is 4.65. The lowest BCUT2D eigenvalue weighted by atomic mass is 10.3. The van der Waals surface area contributed by atoms with E-state index in [1.54, 1.807) is 6.26 Å². The highest BCUT2D eigenvalue weighted by atomic mass is 16.6. The third-order valence-electron chi connectivity index (χ3n) is 2.54. The highest BCUT2D eigenvalue weighted by Crippen LogP contribution is 2.11. The van der Waals surface area contributed by atoms with Gasteiger partial charge in [-0.3, -0.25) is 0 Å². The Hall–Kier alpha value is -2.01. The summed E-state index contributed by atoms with van der Waals surface area (Å²) in [5, 5.41) is 3.26. The first-order valence-electron chi connectivity index (χ1n) is 6.72. The van der Waals surface area contributed by atoms with Crippen molar-refractivity contribution in [2.24, 2.45) is 0 Å². The van der Waals surface area contributed by atoms with Gasteiger partial charge in [0.05, 0.1) is 5.69 Å². The second kappa shape index (κ2) is 7.55. The minimum absolute atomic E-state index is 0.280. The van der Waals surface area contributed by atoms with E-state index < -0.39 is 0 Å². The van der Waals surface area contributed by atoms with E-state index in [4.69, 9.17) is 13.9 Å². The van der Waals surface area contributed by atoms with Gasteiger partial charge in [-0.15, -0.1) is 0 Å². The third-order valence-corrected chi connectivity index (χ3v) is 2.54. The fourth-order valence-electron chi connectivity index (χ4n) is 1.55. The fourth-order valence-corrected chi connectivity index (χ4v) is 1.55. The van der Waals surface area contributed by atoms with E-state index in [9.17, 15) is 0 Å². The SMILES string of the molecule is CC(C)NCc1coc(OCCOc2ccccc2)n1. The van der Waals surface area contributed by atoms with Crippen LogP contribution in [0.5, 0.6) is 11.8 Å². The number of benzene rings is 1. The van der Waals surface area contributed by atoms with E-state index in [-0.39, 0.29) is 6.08 Å². The van der Waals surface area contributed by atoms with Gasteiger partial charge in [0.1, 0.15) is 25.2 Å². The van der Waals surface area contributed by atoms with Crippen LogP contribution in [0.4, 0.5) is 0 Å². The lowest BCUT2D eigenvalue weighted by Crippen LogP contribution is -2.21. The summed E-state index contributed by atoms with van der Waals surface area (Å²) >= 11 is 0. The van der Waals surface area contributed by atoms with Crippen LogP contribution < -0.4 is 14.8 Å². The Balaban J connectivity index is 1.67. The van der Waals surface area contributed by atoms with E-state index in [0.717, 1.165) is 11.4 Å². The van der Waals surface area contributed by atoms with Gasteiger partial charge in [0.15, 0.2) is 0 Å². The summed E-state index contributed by atoms with van der Waals surface area (Å²) < 4.78 is 16.1. The number of nitrogens with zero attached hydrogens (tertiary/aromatic N) is 1. The van der Waals surface area contributed by atoms with Gasteiger partial charge in [0, 0.05) is 12.6 Å². The molecule has 0 atom stereocenters. The summed E-state index contributed by atoms with van der Waals surface area (Å²) in [7, 11) is 0. The molecule has 0 fully saturated rings. The Bertz CT molecular complexity index is 497. The topological polar surface area (TPSA) is 56.5 Å². The number of ether oxygens (including phenoxy) is 2.